The van der Waals surface area contributed by atoms with Crippen molar-refractivity contribution in [2.75, 3.05) is 26.7 Å². The highest BCUT2D eigenvalue weighted by molar-refractivity contribution is 7.90. The topological polar surface area (TPSA) is 51.5 Å². The van der Waals surface area contributed by atoms with Crippen molar-refractivity contribution in [2.45, 2.75) is 11.8 Å². The molecule has 0 fully saturated rings. The van der Waals surface area contributed by atoms with Gasteiger partial charge in [-0.15, -0.1) is 0 Å². The Hall–Kier alpha value is -1.99. The molecule has 2 aromatic carbocycles. The van der Waals surface area contributed by atoms with Crippen LogP contribution in [-0.4, -0.2) is 44.0 Å². The summed E-state index contributed by atoms with van der Waals surface area (Å²) >= 11 is 12.6. The van der Waals surface area contributed by atoms with E-state index in [1.807, 2.05) is 6.07 Å². The number of nitrogens with zero attached hydrogens (tertiary/aromatic N) is 2. The highest BCUT2D eigenvalue weighted by Crippen LogP contribution is 2.37. The van der Waals surface area contributed by atoms with Gasteiger partial charge in [-0.1, -0.05) is 36.2 Å². The molecule has 0 aliphatic carbocycles. The number of fused-ring (bicyclic) bond motifs is 1. The van der Waals surface area contributed by atoms with Gasteiger partial charge < -0.3 is 4.74 Å². The summed E-state index contributed by atoms with van der Waals surface area (Å²) in [5.74, 6) is 0.652. The summed E-state index contributed by atoms with van der Waals surface area (Å²) in [5, 5.41) is 1.87. The van der Waals surface area contributed by atoms with Gasteiger partial charge in [-0.25, -0.2) is 12.4 Å². The lowest BCUT2D eigenvalue weighted by atomic mass is 10.1. The number of benzene rings is 2. The first-order valence-electron chi connectivity index (χ1n) is 9.15. The van der Waals surface area contributed by atoms with E-state index in [2.05, 4.69) is 11.8 Å². The molecule has 4 rings (SSSR count). The first kappa shape index (κ1) is 20.3. The van der Waals surface area contributed by atoms with Crippen LogP contribution in [0.25, 0.3) is 16.5 Å². The predicted octanol–water partition coefficient (Wildman–Crippen LogP) is 4.83. The van der Waals surface area contributed by atoms with Crippen molar-refractivity contribution >= 4 is 49.7 Å². The van der Waals surface area contributed by atoms with Gasteiger partial charge in [0.25, 0.3) is 10.0 Å². The average Bonchev–Trinajstić information content (AvgIpc) is 3.27. The van der Waals surface area contributed by atoms with Gasteiger partial charge in [0, 0.05) is 40.3 Å². The Kier molecular flexibility index (Phi) is 5.38. The first-order valence-corrected chi connectivity index (χ1v) is 11.3. The van der Waals surface area contributed by atoms with Crippen molar-refractivity contribution in [1.82, 2.24) is 8.87 Å². The SMILES string of the molecule is CCN1CC(Cl)=C(c2cn(S(=O)(=O)c3cccc(Cl)c3)c3ccc(OC)cc23)C1. The van der Waals surface area contributed by atoms with Crippen LogP contribution < -0.4 is 4.74 Å². The molecule has 0 spiro atoms. The molecule has 0 unspecified atom stereocenters. The first-order chi connectivity index (χ1) is 13.8. The van der Waals surface area contributed by atoms with E-state index in [1.54, 1.807) is 37.6 Å². The largest absolute Gasteiger partial charge is 0.497 e. The van der Waals surface area contributed by atoms with E-state index >= 15 is 0 Å². The summed E-state index contributed by atoms with van der Waals surface area (Å²) in [6, 6.07) is 11.6. The summed E-state index contributed by atoms with van der Waals surface area (Å²) in [5.41, 5.74) is 2.30. The summed E-state index contributed by atoms with van der Waals surface area (Å²) < 4.78 is 33.5. The van der Waals surface area contributed by atoms with Gasteiger partial charge >= 0.3 is 0 Å². The lowest BCUT2D eigenvalue weighted by Crippen LogP contribution is -2.20. The molecule has 1 aliphatic rings. The molecule has 152 valence electrons. The molecule has 5 nitrogen and oxygen atoms in total. The third-order valence-electron chi connectivity index (χ3n) is 5.17. The van der Waals surface area contributed by atoms with Crippen molar-refractivity contribution in [3.05, 3.63) is 64.3 Å². The number of methoxy groups -OCH3 is 1. The Morgan fingerprint density at radius 1 is 1.10 bits per heavy atom. The van der Waals surface area contributed by atoms with Gasteiger partial charge in [0.1, 0.15) is 5.75 Å². The van der Waals surface area contributed by atoms with Crippen LogP contribution in [0.2, 0.25) is 5.02 Å². The van der Waals surface area contributed by atoms with Gasteiger partial charge in [-0.2, -0.15) is 0 Å². The van der Waals surface area contributed by atoms with E-state index < -0.39 is 10.0 Å². The molecule has 1 aromatic heterocycles. The summed E-state index contributed by atoms with van der Waals surface area (Å²) in [6.45, 7) is 4.26. The van der Waals surface area contributed by atoms with Crippen LogP contribution in [0.15, 0.2) is 58.6 Å². The minimum absolute atomic E-state index is 0.131. The number of ether oxygens (including phenoxy) is 1. The fourth-order valence-corrected chi connectivity index (χ4v) is 5.60. The van der Waals surface area contributed by atoms with E-state index in [9.17, 15) is 8.42 Å². The zero-order valence-electron chi connectivity index (χ0n) is 16.0. The molecule has 0 bridgehead atoms. The quantitative estimate of drug-likeness (QED) is 0.558. The number of halogens is 2. The molecular formula is C21H20Cl2N2O3S. The lowest BCUT2D eigenvalue weighted by Gasteiger charge is -2.11. The smallest absolute Gasteiger partial charge is 0.268 e. The van der Waals surface area contributed by atoms with E-state index in [1.165, 1.54) is 16.1 Å². The number of rotatable bonds is 5. The van der Waals surface area contributed by atoms with Crippen LogP contribution in [0.5, 0.6) is 5.75 Å². The molecule has 2 heterocycles. The van der Waals surface area contributed by atoms with Crippen molar-refractivity contribution in [3.8, 4) is 5.75 Å². The van der Waals surface area contributed by atoms with Gasteiger partial charge in [0.05, 0.1) is 17.5 Å². The standard InChI is InChI=1S/C21H20Cl2N2O3S/c1-3-24-11-19(20(23)13-24)18-12-25(21-8-7-15(28-2)10-17(18)21)29(26,27)16-6-4-5-14(22)9-16/h4-10,12H,3,11,13H2,1-2H3. The van der Waals surface area contributed by atoms with E-state index in [-0.39, 0.29) is 4.90 Å². The van der Waals surface area contributed by atoms with Gasteiger partial charge in [0.2, 0.25) is 0 Å². The minimum Gasteiger partial charge on any atom is -0.497 e. The number of aromatic nitrogens is 1. The van der Waals surface area contributed by atoms with Crippen LogP contribution in [0.1, 0.15) is 12.5 Å². The van der Waals surface area contributed by atoms with E-state index in [4.69, 9.17) is 27.9 Å². The summed E-state index contributed by atoms with van der Waals surface area (Å²) in [6.07, 6.45) is 1.65. The molecule has 0 atom stereocenters. The highest BCUT2D eigenvalue weighted by atomic mass is 35.5. The molecular weight excluding hydrogens is 431 g/mol. The van der Waals surface area contributed by atoms with E-state index in [0.717, 1.165) is 28.1 Å². The van der Waals surface area contributed by atoms with Crippen LogP contribution in [0.3, 0.4) is 0 Å². The predicted molar refractivity (Wildman–Crippen MR) is 117 cm³/mol. The second-order valence-electron chi connectivity index (χ2n) is 6.87. The fourth-order valence-electron chi connectivity index (χ4n) is 3.60. The third-order valence-corrected chi connectivity index (χ3v) is 7.43. The Balaban J connectivity index is 1.96. The van der Waals surface area contributed by atoms with Crippen molar-refractivity contribution in [2.24, 2.45) is 0 Å². The highest BCUT2D eigenvalue weighted by Gasteiger charge is 2.27. The zero-order valence-corrected chi connectivity index (χ0v) is 18.4. The maximum absolute atomic E-state index is 13.4. The van der Waals surface area contributed by atoms with Gasteiger partial charge in [-0.05, 0) is 48.5 Å². The van der Waals surface area contributed by atoms with Crippen LogP contribution >= 0.6 is 23.2 Å². The van der Waals surface area contributed by atoms with Gasteiger partial charge in [0.15, 0.2) is 0 Å². The van der Waals surface area contributed by atoms with Crippen LogP contribution in [-0.2, 0) is 10.0 Å². The maximum atomic E-state index is 13.4. The third kappa shape index (κ3) is 3.55. The summed E-state index contributed by atoms with van der Waals surface area (Å²) in [7, 11) is -2.26. The number of hydrogen-bond acceptors (Lipinski definition) is 4. The second-order valence-corrected chi connectivity index (χ2v) is 9.58. The normalized spacial score (nSPS) is 15.4. The summed E-state index contributed by atoms with van der Waals surface area (Å²) in [4.78, 5) is 2.33. The molecule has 0 amide bonds. The van der Waals surface area contributed by atoms with Crippen LogP contribution in [0, 0.1) is 0 Å². The Morgan fingerprint density at radius 3 is 2.55 bits per heavy atom. The second kappa shape index (κ2) is 7.69. The molecule has 3 aromatic rings. The van der Waals surface area contributed by atoms with Crippen LogP contribution in [0.4, 0.5) is 0 Å². The van der Waals surface area contributed by atoms with Crippen molar-refractivity contribution in [1.29, 1.82) is 0 Å². The molecule has 0 saturated heterocycles. The lowest BCUT2D eigenvalue weighted by molar-refractivity contribution is 0.375. The van der Waals surface area contributed by atoms with Crippen molar-refractivity contribution in [3.63, 3.8) is 0 Å². The molecule has 0 N–H and O–H groups in total. The maximum Gasteiger partial charge on any atom is 0.268 e. The number of likely N-dealkylation sites (N-methyl/N-ethyl adjacent to an activating group) is 1. The number of hydrogen-bond donors (Lipinski definition) is 0. The zero-order chi connectivity index (χ0) is 20.8. The monoisotopic (exact) mass is 450 g/mol. The Bertz CT molecular complexity index is 1230. The van der Waals surface area contributed by atoms with Crippen molar-refractivity contribution < 1.29 is 13.2 Å². The molecule has 1 aliphatic heterocycles. The van der Waals surface area contributed by atoms with Gasteiger partial charge in [-0.3, -0.25) is 4.90 Å². The van der Waals surface area contributed by atoms with E-state index in [0.29, 0.717) is 29.4 Å². The minimum atomic E-state index is -3.84. The Morgan fingerprint density at radius 2 is 1.90 bits per heavy atom. The molecule has 0 saturated carbocycles. The average molecular weight is 451 g/mol. The Labute approximate surface area is 180 Å². The molecule has 0 radical (unpaired) electrons. The molecule has 8 heteroatoms. The molecule has 29 heavy (non-hydrogen) atoms. The fraction of sp³-hybridized carbons (Fsp3) is 0.238.